The summed E-state index contributed by atoms with van der Waals surface area (Å²) in [6.07, 6.45) is 2.95. The molecule has 0 spiro atoms. The fourth-order valence-electron chi connectivity index (χ4n) is 5.26. The number of cyclic esters (lactones) is 1. The van der Waals surface area contributed by atoms with Crippen molar-refractivity contribution in [2.45, 2.75) is 77.2 Å². The summed E-state index contributed by atoms with van der Waals surface area (Å²) in [6, 6.07) is 12.2. The van der Waals surface area contributed by atoms with Crippen LogP contribution in [0.2, 0.25) is 0 Å². The highest BCUT2D eigenvalue weighted by molar-refractivity contribution is 5.95. The number of methoxy groups -OCH3 is 1. The Morgan fingerprint density at radius 3 is 2.62 bits per heavy atom. The van der Waals surface area contributed by atoms with E-state index in [0.29, 0.717) is 36.1 Å². The van der Waals surface area contributed by atoms with E-state index in [2.05, 4.69) is 10.0 Å². The van der Waals surface area contributed by atoms with Gasteiger partial charge in [-0.05, 0) is 75.4 Å². The van der Waals surface area contributed by atoms with E-state index in [4.69, 9.17) is 38.7 Å². The summed E-state index contributed by atoms with van der Waals surface area (Å²) in [5.41, 5.74) is 9.96. The molecule has 0 aromatic heterocycles. The molecule has 12 heteroatoms. The van der Waals surface area contributed by atoms with Crippen molar-refractivity contribution in [3.8, 4) is 11.5 Å². The Kier molecular flexibility index (Phi) is 11.8. The Hall–Kier alpha value is -4.09. The summed E-state index contributed by atoms with van der Waals surface area (Å²) >= 11 is 0. The van der Waals surface area contributed by atoms with E-state index in [1.807, 2.05) is 32.9 Å². The fraction of sp³-hybridized carbons (Fsp3) is 0.515. The van der Waals surface area contributed by atoms with Gasteiger partial charge in [-0.3, -0.25) is 0 Å². The van der Waals surface area contributed by atoms with Crippen LogP contribution < -0.4 is 9.47 Å². The van der Waals surface area contributed by atoms with Crippen molar-refractivity contribution in [2.24, 2.45) is 11.0 Å². The average molecular weight is 624 g/mol. The van der Waals surface area contributed by atoms with Gasteiger partial charge in [-0.25, -0.2) is 9.59 Å². The fourth-order valence-corrected chi connectivity index (χ4v) is 5.26. The van der Waals surface area contributed by atoms with Gasteiger partial charge in [0.25, 0.3) is 0 Å². The third kappa shape index (κ3) is 9.21. The molecule has 12 nitrogen and oxygen atoms in total. The first-order chi connectivity index (χ1) is 21.6. The molecule has 4 rings (SSSR count). The standard InChI is InChI=1S/C33H41N3O9/c1-21-14-15-26(43-31(37)23-10-7-6-8-11-23)30-27(44-33(3,4)45-30)13-9-12-24-18-25(40-17-16-35-36-34)19-28(41-20-39-5)29(24)32(38)42-22(21)2/h6-8,10-11,14-15,18-19,21-22,26-27,30H,9,12-13,16-17,20H2,1-5H3/b15-14-/t21-,22+,26?,27?,30?/m1/s1. The van der Waals surface area contributed by atoms with Crippen LogP contribution in [0.25, 0.3) is 10.4 Å². The summed E-state index contributed by atoms with van der Waals surface area (Å²) in [5.74, 6) is -1.48. The first-order valence-corrected chi connectivity index (χ1v) is 15.0. The van der Waals surface area contributed by atoms with Gasteiger partial charge < -0.3 is 33.2 Å². The van der Waals surface area contributed by atoms with Gasteiger partial charge in [0.05, 0.1) is 24.8 Å². The number of carbonyl (C=O) groups excluding carboxylic acids is 2. The molecule has 2 aliphatic rings. The van der Waals surface area contributed by atoms with Crippen LogP contribution in [0.3, 0.4) is 0 Å². The minimum absolute atomic E-state index is 0.0936. The van der Waals surface area contributed by atoms with Crippen LogP contribution >= 0.6 is 0 Å². The van der Waals surface area contributed by atoms with Crippen molar-refractivity contribution in [1.82, 2.24) is 0 Å². The van der Waals surface area contributed by atoms with Crippen LogP contribution in [-0.4, -0.2) is 69.2 Å². The van der Waals surface area contributed by atoms with Crippen LogP contribution in [0.15, 0.2) is 59.7 Å². The van der Waals surface area contributed by atoms with Crippen LogP contribution in [0.5, 0.6) is 11.5 Å². The molecule has 0 saturated carbocycles. The first-order valence-electron chi connectivity index (χ1n) is 15.0. The summed E-state index contributed by atoms with van der Waals surface area (Å²) in [4.78, 5) is 29.6. The van der Waals surface area contributed by atoms with Crippen molar-refractivity contribution in [3.63, 3.8) is 0 Å². The normalized spacial score (nSPS) is 25.4. The Morgan fingerprint density at radius 2 is 1.89 bits per heavy atom. The molecule has 0 aliphatic carbocycles. The van der Waals surface area contributed by atoms with Crippen molar-refractivity contribution < 1.29 is 42.7 Å². The van der Waals surface area contributed by atoms with Crippen molar-refractivity contribution in [1.29, 1.82) is 0 Å². The topological polar surface area (TPSA) is 148 Å². The molecule has 5 atom stereocenters. The van der Waals surface area contributed by atoms with Gasteiger partial charge in [0, 0.05) is 24.0 Å². The zero-order valence-electron chi connectivity index (χ0n) is 26.3. The van der Waals surface area contributed by atoms with Gasteiger partial charge >= 0.3 is 11.9 Å². The van der Waals surface area contributed by atoms with E-state index in [1.54, 1.807) is 49.4 Å². The highest BCUT2D eigenvalue weighted by atomic mass is 16.8. The van der Waals surface area contributed by atoms with Gasteiger partial charge in [0.1, 0.15) is 35.4 Å². The number of aryl methyl sites for hydroxylation is 1. The predicted molar refractivity (Wildman–Crippen MR) is 164 cm³/mol. The number of ether oxygens (including phenoxy) is 7. The molecule has 0 bridgehead atoms. The van der Waals surface area contributed by atoms with Crippen molar-refractivity contribution in [3.05, 3.63) is 81.7 Å². The number of benzene rings is 2. The van der Waals surface area contributed by atoms with E-state index < -0.39 is 42.1 Å². The molecule has 0 N–H and O–H groups in total. The molecule has 2 heterocycles. The number of azide groups is 1. The lowest BCUT2D eigenvalue weighted by Crippen LogP contribution is -2.38. The van der Waals surface area contributed by atoms with Crippen LogP contribution in [0.1, 0.15) is 66.8 Å². The zero-order chi connectivity index (χ0) is 32.4. The Labute approximate surface area is 263 Å². The highest BCUT2D eigenvalue weighted by Gasteiger charge is 2.45. The predicted octanol–water partition coefficient (Wildman–Crippen LogP) is 6.18. The largest absolute Gasteiger partial charge is 0.493 e. The first kappa shape index (κ1) is 33.8. The molecule has 45 heavy (non-hydrogen) atoms. The number of carbonyl (C=O) groups is 2. The number of esters is 2. The Morgan fingerprint density at radius 1 is 1.11 bits per heavy atom. The second-order valence-electron chi connectivity index (χ2n) is 11.4. The molecule has 2 aromatic rings. The van der Waals surface area contributed by atoms with Gasteiger partial charge in [0.2, 0.25) is 0 Å². The summed E-state index contributed by atoms with van der Waals surface area (Å²) in [6.45, 7) is 7.56. The smallest absolute Gasteiger partial charge is 0.342 e. The SMILES string of the molecule is COCOc1cc(OCCN=[N+]=[N-])cc2c1C(=O)O[C@@H](C)[C@H](C)/C=C\C(OC(=O)c1ccccc1)C1OC(C)(C)OC1CCC2. The zero-order valence-corrected chi connectivity index (χ0v) is 26.3. The third-order valence-corrected chi connectivity index (χ3v) is 7.59. The lowest BCUT2D eigenvalue weighted by molar-refractivity contribution is -0.153. The average Bonchev–Trinajstić information content (AvgIpc) is 3.33. The summed E-state index contributed by atoms with van der Waals surface area (Å²) in [5, 5.41) is 3.51. The number of rotatable bonds is 9. The maximum Gasteiger partial charge on any atom is 0.342 e. The summed E-state index contributed by atoms with van der Waals surface area (Å²) in [7, 11) is 1.49. The maximum absolute atomic E-state index is 13.7. The van der Waals surface area contributed by atoms with E-state index in [1.165, 1.54) is 7.11 Å². The molecule has 0 amide bonds. The van der Waals surface area contributed by atoms with Gasteiger partial charge in [-0.2, -0.15) is 0 Å². The Bertz CT molecular complexity index is 1390. The summed E-state index contributed by atoms with van der Waals surface area (Å²) < 4.78 is 41.4. The minimum Gasteiger partial charge on any atom is -0.493 e. The quantitative estimate of drug-likeness (QED) is 0.0607. The number of fused-ring (bicyclic) bond motifs is 2. The van der Waals surface area contributed by atoms with Crippen LogP contribution in [0, 0.1) is 5.92 Å². The Balaban J connectivity index is 1.69. The second-order valence-corrected chi connectivity index (χ2v) is 11.4. The molecule has 2 aromatic carbocycles. The maximum atomic E-state index is 13.7. The monoisotopic (exact) mass is 623 g/mol. The van der Waals surface area contributed by atoms with Gasteiger partial charge in [0.15, 0.2) is 12.6 Å². The molecule has 1 saturated heterocycles. The number of nitrogens with zero attached hydrogens (tertiary/aromatic N) is 3. The van der Waals surface area contributed by atoms with Gasteiger partial charge in [-0.15, -0.1) is 0 Å². The van der Waals surface area contributed by atoms with E-state index in [-0.39, 0.29) is 37.2 Å². The van der Waals surface area contributed by atoms with Crippen molar-refractivity contribution >= 4 is 11.9 Å². The van der Waals surface area contributed by atoms with Crippen LogP contribution in [0.4, 0.5) is 0 Å². The lowest BCUT2D eigenvalue weighted by atomic mass is 9.95. The van der Waals surface area contributed by atoms with E-state index >= 15 is 0 Å². The highest BCUT2D eigenvalue weighted by Crippen LogP contribution is 2.36. The van der Waals surface area contributed by atoms with Gasteiger partial charge in [-0.1, -0.05) is 36.3 Å². The second kappa shape index (κ2) is 15.8. The number of hydrogen-bond donors (Lipinski definition) is 0. The third-order valence-electron chi connectivity index (χ3n) is 7.59. The molecular weight excluding hydrogens is 582 g/mol. The van der Waals surface area contributed by atoms with Crippen molar-refractivity contribution in [2.75, 3.05) is 27.1 Å². The van der Waals surface area contributed by atoms with E-state index in [9.17, 15) is 9.59 Å². The molecule has 242 valence electrons. The molecular formula is C33H41N3O9. The molecule has 2 aliphatic heterocycles. The number of hydrogen-bond acceptors (Lipinski definition) is 10. The minimum atomic E-state index is -0.904. The van der Waals surface area contributed by atoms with E-state index in [0.717, 1.165) is 0 Å². The molecule has 0 radical (unpaired) electrons. The molecule has 3 unspecified atom stereocenters. The lowest BCUT2D eigenvalue weighted by Gasteiger charge is -2.26. The molecule has 1 fully saturated rings. The van der Waals surface area contributed by atoms with Crippen LogP contribution in [-0.2, 0) is 30.1 Å².